The number of rotatable bonds is 5. The van der Waals surface area contributed by atoms with Crippen molar-refractivity contribution in [3.8, 4) is 11.8 Å². The van der Waals surface area contributed by atoms with Crippen molar-refractivity contribution in [2.45, 2.75) is 13.0 Å². The minimum absolute atomic E-state index is 0.238. The van der Waals surface area contributed by atoms with E-state index in [4.69, 9.17) is 10.00 Å². The highest BCUT2D eigenvalue weighted by Crippen LogP contribution is 2.17. The predicted molar refractivity (Wildman–Crippen MR) is 64.5 cm³/mol. The Morgan fingerprint density at radius 1 is 1.65 bits per heavy atom. The first-order valence-corrected chi connectivity index (χ1v) is 5.23. The molecule has 0 radical (unpaired) electrons. The molecule has 1 aromatic carbocycles. The van der Waals surface area contributed by atoms with Gasteiger partial charge in [0.15, 0.2) is 6.10 Å². The van der Waals surface area contributed by atoms with Gasteiger partial charge in [0.05, 0.1) is 5.56 Å². The van der Waals surface area contributed by atoms with Crippen LogP contribution in [0.1, 0.15) is 12.5 Å². The molecule has 1 rings (SSSR count). The van der Waals surface area contributed by atoms with Crippen molar-refractivity contribution in [2.75, 3.05) is 6.54 Å². The number of hydrogen-bond donors (Lipinski definition) is 1. The summed E-state index contributed by atoms with van der Waals surface area (Å²) in [6.07, 6.45) is 0.942. The van der Waals surface area contributed by atoms with Crippen LogP contribution in [0.15, 0.2) is 36.9 Å². The number of benzene rings is 1. The van der Waals surface area contributed by atoms with Crippen LogP contribution in [0.25, 0.3) is 0 Å². The topological polar surface area (TPSA) is 62.1 Å². The zero-order chi connectivity index (χ0) is 12.7. The monoisotopic (exact) mass is 230 g/mol. The average molecular weight is 230 g/mol. The highest BCUT2D eigenvalue weighted by molar-refractivity contribution is 5.80. The first kappa shape index (κ1) is 12.8. The second kappa shape index (κ2) is 6.33. The standard InChI is InChI=1S/C13H14N2O2/c1-3-8-15-13(16)10(2)17-12-7-5-4-6-11(12)9-14/h3-7,10H,1,8H2,2H3,(H,15,16). The molecule has 0 aliphatic carbocycles. The predicted octanol–water partition coefficient (Wildman–Crippen LogP) is 1.63. The molecule has 4 nitrogen and oxygen atoms in total. The summed E-state index contributed by atoms with van der Waals surface area (Å²) in [6.45, 7) is 5.53. The second-order valence-corrected chi connectivity index (χ2v) is 3.40. The number of carbonyl (C=O) groups is 1. The molecule has 0 bridgehead atoms. The molecule has 88 valence electrons. The molecule has 1 amide bonds. The van der Waals surface area contributed by atoms with Crippen LogP contribution in [0.5, 0.6) is 5.75 Å². The Labute approximate surface area is 101 Å². The smallest absolute Gasteiger partial charge is 0.261 e. The summed E-state index contributed by atoms with van der Waals surface area (Å²) in [7, 11) is 0. The van der Waals surface area contributed by atoms with Crippen LogP contribution in [-0.4, -0.2) is 18.6 Å². The van der Waals surface area contributed by atoms with Gasteiger partial charge in [0.1, 0.15) is 11.8 Å². The molecule has 17 heavy (non-hydrogen) atoms. The molecular weight excluding hydrogens is 216 g/mol. The van der Waals surface area contributed by atoms with Crippen LogP contribution in [0.4, 0.5) is 0 Å². The van der Waals surface area contributed by atoms with E-state index in [0.29, 0.717) is 17.9 Å². The molecule has 1 aromatic rings. The van der Waals surface area contributed by atoms with E-state index in [-0.39, 0.29) is 5.91 Å². The normalized spacial score (nSPS) is 11.1. The van der Waals surface area contributed by atoms with Crippen LogP contribution in [0, 0.1) is 11.3 Å². The van der Waals surface area contributed by atoms with Gasteiger partial charge in [-0.2, -0.15) is 5.26 Å². The van der Waals surface area contributed by atoms with Crippen molar-refractivity contribution < 1.29 is 9.53 Å². The quantitative estimate of drug-likeness (QED) is 0.782. The van der Waals surface area contributed by atoms with Crippen LogP contribution >= 0.6 is 0 Å². The summed E-state index contributed by atoms with van der Waals surface area (Å²) in [6, 6.07) is 8.81. The second-order valence-electron chi connectivity index (χ2n) is 3.40. The van der Waals surface area contributed by atoms with E-state index in [9.17, 15) is 4.79 Å². The first-order valence-electron chi connectivity index (χ1n) is 5.23. The highest BCUT2D eigenvalue weighted by Gasteiger charge is 2.15. The van der Waals surface area contributed by atoms with E-state index in [1.807, 2.05) is 6.07 Å². The summed E-state index contributed by atoms with van der Waals surface area (Å²) in [5.41, 5.74) is 0.413. The third kappa shape index (κ3) is 3.65. The number of para-hydroxylation sites is 1. The van der Waals surface area contributed by atoms with Crippen molar-refractivity contribution in [3.63, 3.8) is 0 Å². The number of nitriles is 1. The molecule has 0 aliphatic rings. The summed E-state index contributed by atoms with van der Waals surface area (Å²) < 4.78 is 5.43. The summed E-state index contributed by atoms with van der Waals surface area (Å²) in [5.74, 6) is 0.175. The third-order valence-electron chi connectivity index (χ3n) is 2.10. The number of nitrogens with one attached hydrogen (secondary N) is 1. The molecule has 0 saturated heterocycles. The molecule has 1 unspecified atom stereocenters. The molecule has 1 N–H and O–H groups in total. The van der Waals surface area contributed by atoms with Gasteiger partial charge in [-0.3, -0.25) is 4.79 Å². The number of ether oxygens (including phenoxy) is 1. The zero-order valence-corrected chi connectivity index (χ0v) is 9.64. The lowest BCUT2D eigenvalue weighted by atomic mass is 10.2. The lowest BCUT2D eigenvalue weighted by Crippen LogP contribution is -2.36. The summed E-state index contributed by atoms with van der Waals surface area (Å²) in [4.78, 5) is 11.5. The first-order chi connectivity index (χ1) is 8.19. The largest absolute Gasteiger partial charge is 0.480 e. The molecule has 0 fully saturated rings. The van der Waals surface area contributed by atoms with Crippen molar-refractivity contribution >= 4 is 5.91 Å². The van der Waals surface area contributed by atoms with Gasteiger partial charge in [0.2, 0.25) is 0 Å². The molecule has 0 heterocycles. The molecule has 1 atom stereocenters. The Balaban J connectivity index is 2.68. The number of nitrogens with zero attached hydrogens (tertiary/aromatic N) is 1. The maximum atomic E-state index is 11.5. The Kier molecular flexibility index (Phi) is 4.77. The lowest BCUT2D eigenvalue weighted by Gasteiger charge is -2.14. The van der Waals surface area contributed by atoms with E-state index in [1.54, 1.807) is 37.3 Å². The fourth-order valence-corrected chi connectivity index (χ4v) is 1.22. The van der Waals surface area contributed by atoms with Crippen LogP contribution in [0.3, 0.4) is 0 Å². The lowest BCUT2D eigenvalue weighted by molar-refractivity contribution is -0.127. The van der Waals surface area contributed by atoms with Crippen molar-refractivity contribution in [1.29, 1.82) is 5.26 Å². The van der Waals surface area contributed by atoms with E-state index < -0.39 is 6.10 Å². The zero-order valence-electron chi connectivity index (χ0n) is 9.64. The highest BCUT2D eigenvalue weighted by atomic mass is 16.5. The Morgan fingerprint density at radius 2 is 2.35 bits per heavy atom. The fraction of sp³-hybridized carbons (Fsp3) is 0.231. The van der Waals surface area contributed by atoms with Crippen molar-refractivity contribution in [2.24, 2.45) is 0 Å². The fourth-order valence-electron chi connectivity index (χ4n) is 1.22. The van der Waals surface area contributed by atoms with Crippen molar-refractivity contribution in [3.05, 3.63) is 42.5 Å². The summed E-state index contributed by atoms with van der Waals surface area (Å²) in [5, 5.41) is 11.5. The third-order valence-corrected chi connectivity index (χ3v) is 2.10. The maximum absolute atomic E-state index is 11.5. The van der Waals surface area contributed by atoms with E-state index in [0.717, 1.165) is 0 Å². The Morgan fingerprint density at radius 3 is 3.00 bits per heavy atom. The minimum atomic E-state index is -0.649. The average Bonchev–Trinajstić information content (AvgIpc) is 2.36. The van der Waals surface area contributed by atoms with Gasteiger partial charge in [0.25, 0.3) is 5.91 Å². The van der Waals surface area contributed by atoms with Gasteiger partial charge in [0, 0.05) is 6.54 Å². The van der Waals surface area contributed by atoms with Gasteiger partial charge in [-0.15, -0.1) is 6.58 Å². The molecule has 0 saturated carbocycles. The van der Waals surface area contributed by atoms with Gasteiger partial charge >= 0.3 is 0 Å². The van der Waals surface area contributed by atoms with Crippen molar-refractivity contribution in [1.82, 2.24) is 5.32 Å². The van der Waals surface area contributed by atoms with Crippen LogP contribution in [-0.2, 0) is 4.79 Å². The summed E-state index contributed by atoms with van der Waals surface area (Å²) >= 11 is 0. The number of carbonyl (C=O) groups excluding carboxylic acids is 1. The molecule has 4 heteroatoms. The number of amides is 1. The van der Waals surface area contributed by atoms with Gasteiger partial charge in [-0.05, 0) is 19.1 Å². The van der Waals surface area contributed by atoms with E-state index in [2.05, 4.69) is 11.9 Å². The Bertz CT molecular complexity index is 449. The van der Waals surface area contributed by atoms with E-state index >= 15 is 0 Å². The minimum Gasteiger partial charge on any atom is -0.480 e. The van der Waals surface area contributed by atoms with Crippen LogP contribution < -0.4 is 10.1 Å². The number of hydrogen-bond acceptors (Lipinski definition) is 3. The molecule has 0 aromatic heterocycles. The molecule has 0 spiro atoms. The van der Waals surface area contributed by atoms with E-state index in [1.165, 1.54) is 0 Å². The van der Waals surface area contributed by atoms with Gasteiger partial charge in [-0.25, -0.2) is 0 Å². The van der Waals surface area contributed by atoms with Gasteiger partial charge in [-0.1, -0.05) is 18.2 Å². The Hall–Kier alpha value is -2.28. The maximum Gasteiger partial charge on any atom is 0.261 e. The molecular formula is C13H14N2O2. The SMILES string of the molecule is C=CCNC(=O)C(C)Oc1ccccc1C#N. The molecule has 0 aliphatic heterocycles. The van der Waals surface area contributed by atoms with Crippen LogP contribution in [0.2, 0.25) is 0 Å². The van der Waals surface area contributed by atoms with Gasteiger partial charge < -0.3 is 10.1 Å².